The van der Waals surface area contributed by atoms with Gasteiger partial charge in [0.15, 0.2) is 11.8 Å². The Labute approximate surface area is 128 Å². The van der Waals surface area contributed by atoms with E-state index in [-0.39, 0.29) is 12.4 Å². The Balaban J connectivity index is 1.88. The van der Waals surface area contributed by atoms with Crippen molar-refractivity contribution >= 4 is 5.96 Å². The van der Waals surface area contributed by atoms with Crippen LogP contribution in [0.15, 0.2) is 33.8 Å². The zero-order chi connectivity index (χ0) is 15.8. The van der Waals surface area contributed by atoms with E-state index in [0.29, 0.717) is 36.2 Å². The van der Waals surface area contributed by atoms with Crippen molar-refractivity contribution in [3.63, 3.8) is 0 Å². The number of benzene rings is 1. The summed E-state index contributed by atoms with van der Waals surface area (Å²) < 4.78 is 18.6. The summed E-state index contributed by atoms with van der Waals surface area (Å²) >= 11 is 0. The number of hydrogen-bond acceptors (Lipinski definition) is 4. The minimum Gasteiger partial charge on any atom is -0.357 e. The lowest BCUT2D eigenvalue weighted by atomic mass is 10.2. The summed E-state index contributed by atoms with van der Waals surface area (Å²) in [5.41, 5.74) is 0.562. The van der Waals surface area contributed by atoms with E-state index in [1.165, 1.54) is 6.07 Å². The van der Waals surface area contributed by atoms with Crippen molar-refractivity contribution in [2.75, 3.05) is 13.1 Å². The molecule has 2 rings (SSSR count). The highest BCUT2D eigenvalue weighted by Crippen LogP contribution is 2.07. The maximum Gasteiger partial charge on any atom is 0.228 e. The van der Waals surface area contributed by atoms with Crippen molar-refractivity contribution in [2.45, 2.75) is 26.8 Å². The summed E-state index contributed by atoms with van der Waals surface area (Å²) in [6, 6.07) is 6.62. The molecule has 0 bridgehead atoms. The molecule has 2 aromatic rings. The van der Waals surface area contributed by atoms with Crippen LogP contribution in [0.2, 0.25) is 0 Å². The molecule has 0 spiro atoms. The van der Waals surface area contributed by atoms with E-state index in [1.807, 2.05) is 6.92 Å². The summed E-state index contributed by atoms with van der Waals surface area (Å²) in [5, 5.41) is 10.0. The number of halogens is 1. The molecular weight excluding hydrogens is 285 g/mol. The van der Waals surface area contributed by atoms with Gasteiger partial charge in [0.25, 0.3) is 0 Å². The molecule has 0 saturated carbocycles. The molecule has 6 nitrogen and oxygen atoms in total. The number of rotatable bonds is 6. The normalized spacial score (nSPS) is 11.5. The van der Waals surface area contributed by atoms with Crippen LogP contribution in [0.25, 0.3) is 0 Å². The Hall–Kier alpha value is -2.44. The van der Waals surface area contributed by atoms with E-state index < -0.39 is 0 Å². The topological polar surface area (TPSA) is 75.3 Å². The number of aryl methyl sites for hydroxylation is 1. The van der Waals surface area contributed by atoms with Crippen LogP contribution in [0.1, 0.15) is 24.2 Å². The Morgan fingerprint density at radius 1 is 1.32 bits per heavy atom. The van der Waals surface area contributed by atoms with Crippen molar-refractivity contribution in [3.8, 4) is 0 Å². The van der Waals surface area contributed by atoms with Gasteiger partial charge in [-0.15, -0.1) is 0 Å². The molecule has 22 heavy (non-hydrogen) atoms. The van der Waals surface area contributed by atoms with Gasteiger partial charge in [0.05, 0.1) is 6.54 Å². The van der Waals surface area contributed by atoms with Crippen LogP contribution in [0.4, 0.5) is 4.39 Å². The third kappa shape index (κ3) is 4.83. The maximum atomic E-state index is 13.6. The molecular formula is C15H20FN5O. The smallest absolute Gasteiger partial charge is 0.228 e. The first-order valence-corrected chi connectivity index (χ1v) is 7.24. The average molecular weight is 305 g/mol. The quantitative estimate of drug-likeness (QED) is 0.629. The molecule has 0 aliphatic carbocycles. The fraction of sp³-hybridized carbons (Fsp3) is 0.400. The van der Waals surface area contributed by atoms with E-state index >= 15 is 0 Å². The van der Waals surface area contributed by atoms with Crippen molar-refractivity contribution in [3.05, 3.63) is 47.4 Å². The van der Waals surface area contributed by atoms with Crippen molar-refractivity contribution in [1.82, 2.24) is 20.8 Å². The summed E-state index contributed by atoms with van der Waals surface area (Å²) in [6.07, 6.45) is 0.602. The summed E-state index contributed by atoms with van der Waals surface area (Å²) in [6.45, 7) is 5.36. The van der Waals surface area contributed by atoms with E-state index in [4.69, 9.17) is 4.52 Å². The van der Waals surface area contributed by atoms with Crippen LogP contribution in [-0.4, -0.2) is 29.2 Å². The lowest BCUT2D eigenvalue weighted by molar-refractivity contribution is 0.374. The van der Waals surface area contributed by atoms with Crippen molar-refractivity contribution < 1.29 is 8.91 Å². The first kappa shape index (κ1) is 15.9. The summed E-state index contributed by atoms with van der Waals surface area (Å²) in [7, 11) is 0. The Morgan fingerprint density at radius 2 is 2.14 bits per heavy atom. The predicted molar refractivity (Wildman–Crippen MR) is 82.0 cm³/mol. The second-order valence-corrected chi connectivity index (χ2v) is 4.70. The van der Waals surface area contributed by atoms with Gasteiger partial charge in [-0.25, -0.2) is 9.38 Å². The van der Waals surface area contributed by atoms with Gasteiger partial charge < -0.3 is 15.2 Å². The van der Waals surface area contributed by atoms with Crippen LogP contribution < -0.4 is 10.6 Å². The molecule has 0 aliphatic heterocycles. The van der Waals surface area contributed by atoms with Gasteiger partial charge in [-0.2, -0.15) is 4.98 Å². The minimum atomic E-state index is -0.247. The first-order chi connectivity index (χ1) is 10.7. The lowest BCUT2D eigenvalue weighted by Crippen LogP contribution is -2.38. The lowest BCUT2D eigenvalue weighted by Gasteiger charge is -2.10. The van der Waals surface area contributed by atoms with E-state index in [1.54, 1.807) is 25.1 Å². The van der Waals surface area contributed by atoms with Gasteiger partial charge in [-0.1, -0.05) is 23.4 Å². The second-order valence-electron chi connectivity index (χ2n) is 4.70. The molecule has 0 radical (unpaired) electrons. The molecule has 0 aliphatic rings. The zero-order valence-electron chi connectivity index (χ0n) is 12.8. The third-order valence-electron chi connectivity index (χ3n) is 2.91. The molecule has 1 aromatic carbocycles. The van der Waals surface area contributed by atoms with Gasteiger partial charge in [-0.05, 0) is 19.9 Å². The van der Waals surface area contributed by atoms with Crippen LogP contribution in [0, 0.1) is 12.7 Å². The standard InChI is InChI=1S/C15H20FN5O/c1-3-17-15(18-9-8-14-20-11(2)21-22-14)19-10-12-6-4-5-7-13(12)16/h4-7H,3,8-10H2,1-2H3,(H2,17,18,19). The number of aromatic nitrogens is 2. The number of hydrogen-bond donors (Lipinski definition) is 2. The second kappa shape index (κ2) is 8.11. The molecule has 0 saturated heterocycles. The molecule has 2 N–H and O–H groups in total. The predicted octanol–water partition coefficient (Wildman–Crippen LogP) is 1.81. The average Bonchev–Trinajstić information content (AvgIpc) is 2.92. The molecule has 118 valence electrons. The Kier molecular flexibility index (Phi) is 5.88. The van der Waals surface area contributed by atoms with Crippen LogP contribution >= 0.6 is 0 Å². The minimum absolute atomic E-state index is 0.247. The molecule has 1 heterocycles. The molecule has 1 aromatic heterocycles. The third-order valence-corrected chi connectivity index (χ3v) is 2.91. The fourth-order valence-corrected chi connectivity index (χ4v) is 1.86. The largest absolute Gasteiger partial charge is 0.357 e. The maximum absolute atomic E-state index is 13.6. The van der Waals surface area contributed by atoms with Gasteiger partial charge >= 0.3 is 0 Å². The molecule has 0 atom stereocenters. The molecule has 0 fully saturated rings. The first-order valence-electron chi connectivity index (χ1n) is 7.24. The van der Waals surface area contributed by atoms with E-state index in [9.17, 15) is 4.39 Å². The van der Waals surface area contributed by atoms with Crippen LogP contribution in [0.3, 0.4) is 0 Å². The fourth-order valence-electron chi connectivity index (χ4n) is 1.86. The van der Waals surface area contributed by atoms with E-state index in [0.717, 1.165) is 6.54 Å². The van der Waals surface area contributed by atoms with Crippen LogP contribution in [0.5, 0.6) is 0 Å². The number of aliphatic imine (C=N–C) groups is 1. The zero-order valence-corrected chi connectivity index (χ0v) is 12.8. The van der Waals surface area contributed by atoms with E-state index in [2.05, 4.69) is 25.8 Å². The van der Waals surface area contributed by atoms with Gasteiger partial charge in [0, 0.05) is 25.1 Å². The van der Waals surface area contributed by atoms with Crippen molar-refractivity contribution in [2.24, 2.45) is 4.99 Å². The molecule has 7 heteroatoms. The number of nitrogens with one attached hydrogen (secondary N) is 2. The van der Waals surface area contributed by atoms with Crippen molar-refractivity contribution in [1.29, 1.82) is 0 Å². The summed E-state index contributed by atoms with van der Waals surface area (Å²) in [4.78, 5) is 8.50. The molecule has 0 unspecified atom stereocenters. The monoisotopic (exact) mass is 305 g/mol. The Bertz CT molecular complexity index is 626. The van der Waals surface area contributed by atoms with Crippen LogP contribution in [-0.2, 0) is 13.0 Å². The Morgan fingerprint density at radius 3 is 2.82 bits per heavy atom. The number of nitrogens with zero attached hydrogens (tertiary/aromatic N) is 3. The highest BCUT2D eigenvalue weighted by atomic mass is 19.1. The van der Waals surface area contributed by atoms with Gasteiger partial charge in [0.1, 0.15) is 5.82 Å². The van der Waals surface area contributed by atoms with Gasteiger partial charge in [0.2, 0.25) is 5.89 Å². The number of guanidine groups is 1. The van der Waals surface area contributed by atoms with Gasteiger partial charge in [-0.3, -0.25) is 0 Å². The molecule has 0 amide bonds. The SMILES string of the molecule is CCNC(=NCc1ccccc1F)NCCc1nc(C)no1. The summed E-state index contributed by atoms with van der Waals surface area (Å²) in [5.74, 6) is 1.58. The highest BCUT2D eigenvalue weighted by molar-refractivity contribution is 5.79. The highest BCUT2D eigenvalue weighted by Gasteiger charge is 2.04.